The van der Waals surface area contributed by atoms with E-state index in [1.807, 2.05) is 12.1 Å². The van der Waals surface area contributed by atoms with Crippen LogP contribution < -0.4 is 4.90 Å². The predicted octanol–water partition coefficient (Wildman–Crippen LogP) is 2.27. The summed E-state index contributed by atoms with van der Waals surface area (Å²) in [4.78, 5) is 15.4. The SMILES string of the molecule is COCc1nccc([C@@H]2CCCN(c3ncccc3C#N)C2)n1. The maximum atomic E-state index is 9.28. The van der Waals surface area contributed by atoms with Gasteiger partial charge in [0.2, 0.25) is 0 Å². The number of rotatable bonds is 4. The van der Waals surface area contributed by atoms with Crippen molar-refractivity contribution in [2.24, 2.45) is 0 Å². The van der Waals surface area contributed by atoms with Crippen molar-refractivity contribution >= 4 is 5.82 Å². The number of hydrogen-bond acceptors (Lipinski definition) is 6. The highest BCUT2D eigenvalue weighted by atomic mass is 16.5. The van der Waals surface area contributed by atoms with Crippen molar-refractivity contribution in [1.82, 2.24) is 15.0 Å². The summed E-state index contributed by atoms with van der Waals surface area (Å²) in [7, 11) is 1.64. The largest absolute Gasteiger partial charge is 0.377 e. The number of aromatic nitrogens is 3. The number of piperidine rings is 1. The number of hydrogen-bond donors (Lipinski definition) is 0. The molecule has 0 aromatic carbocycles. The first kappa shape index (κ1) is 15.4. The van der Waals surface area contributed by atoms with Crippen molar-refractivity contribution in [3.05, 3.63) is 47.7 Å². The number of nitrogens with zero attached hydrogens (tertiary/aromatic N) is 5. The molecule has 2 aromatic heterocycles. The van der Waals surface area contributed by atoms with Gasteiger partial charge in [-0.1, -0.05) is 0 Å². The molecule has 0 N–H and O–H groups in total. The molecule has 0 saturated carbocycles. The summed E-state index contributed by atoms with van der Waals surface area (Å²) >= 11 is 0. The van der Waals surface area contributed by atoms with Crippen LogP contribution >= 0.6 is 0 Å². The maximum Gasteiger partial charge on any atom is 0.154 e. The number of pyridine rings is 1. The van der Waals surface area contributed by atoms with Gasteiger partial charge < -0.3 is 9.64 Å². The third-order valence-corrected chi connectivity index (χ3v) is 4.05. The fourth-order valence-corrected chi connectivity index (χ4v) is 2.99. The van der Waals surface area contributed by atoms with Crippen LogP contribution in [0.5, 0.6) is 0 Å². The van der Waals surface area contributed by atoms with Gasteiger partial charge in [-0.25, -0.2) is 15.0 Å². The molecule has 1 fully saturated rings. The Bertz CT molecular complexity index is 712. The van der Waals surface area contributed by atoms with Gasteiger partial charge >= 0.3 is 0 Å². The zero-order chi connectivity index (χ0) is 16.1. The number of anilines is 1. The standard InChI is InChI=1S/C17H19N5O/c1-23-12-16-19-8-6-15(21-16)14-5-3-9-22(11-14)17-13(10-18)4-2-7-20-17/h2,4,6-8,14H,3,5,9,11-12H2,1H3/t14-/m1/s1. The summed E-state index contributed by atoms with van der Waals surface area (Å²) in [6.45, 7) is 2.15. The van der Waals surface area contributed by atoms with Crippen LogP contribution in [-0.4, -0.2) is 35.2 Å². The molecule has 1 atom stereocenters. The van der Waals surface area contributed by atoms with Crippen molar-refractivity contribution in [1.29, 1.82) is 5.26 Å². The van der Waals surface area contributed by atoms with Crippen LogP contribution in [0.15, 0.2) is 30.6 Å². The van der Waals surface area contributed by atoms with E-state index in [0.717, 1.165) is 37.4 Å². The highest BCUT2D eigenvalue weighted by Gasteiger charge is 2.25. The second-order valence-electron chi connectivity index (χ2n) is 5.60. The average molecular weight is 309 g/mol. The Morgan fingerprint density at radius 1 is 1.35 bits per heavy atom. The lowest BCUT2D eigenvalue weighted by atomic mass is 9.94. The van der Waals surface area contributed by atoms with E-state index >= 15 is 0 Å². The van der Waals surface area contributed by atoms with Gasteiger partial charge in [0, 0.05) is 44.2 Å². The van der Waals surface area contributed by atoms with Crippen molar-refractivity contribution in [2.75, 3.05) is 25.1 Å². The summed E-state index contributed by atoms with van der Waals surface area (Å²) in [6, 6.07) is 7.81. The maximum absolute atomic E-state index is 9.28. The lowest BCUT2D eigenvalue weighted by Crippen LogP contribution is -2.35. The van der Waals surface area contributed by atoms with Crippen molar-refractivity contribution in [3.63, 3.8) is 0 Å². The summed E-state index contributed by atoms with van der Waals surface area (Å²) < 4.78 is 5.11. The molecular weight excluding hydrogens is 290 g/mol. The van der Waals surface area contributed by atoms with Crippen LogP contribution in [0.25, 0.3) is 0 Å². The van der Waals surface area contributed by atoms with Crippen molar-refractivity contribution in [2.45, 2.75) is 25.4 Å². The molecule has 2 aromatic rings. The van der Waals surface area contributed by atoms with Crippen LogP contribution in [0.2, 0.25) is 0 Å². The number of nitriles is 1. The molecule has 0 amide bonds. The first-order valence-corrected chi connectivity index (χ1v) is 7.72. The molecule has 6 nitrogen and oxygen atoms in total. The molecule has 1 saturated heterocycles. The average Bonchev–Trinajstić information content (AvgIpc) is 2.62. The van der Waals surface area contributed by atoms with Gasteiger partial charge in [-0.3, -0.25) is 0 Å². The smallest absolute Gasteiger partial charge is 0.154 e. The third-order valence-electron chi connectivity index (χ3n) is 4.05. The molecule has 0 spiro atoms. The topological polar surface area (TPSA) is 74.9 Å². The van der Waals surface area contributed by atoms with Crippen LogP contribution in [0.3, 0.4) is 0 Å². The first-order valence-electron chi connectivity index (χ1n) is 7.72. The Morgan fingerprint density at radius 3 is 3.09 bits per heavy atom. The summed E-state index contributed by atoms with van der Waals surface area (Å²) in [5.74, 6) is 1.79. The fraction of sp³-hybridized carbons (Fsp3) is 0.412. The normalized spacial score (nSPS) is 17.7. The fourth-order valence-electron chi connectivity index (χ4n) is 2.99. The Hall–Kier alpha value is -2.52. The molecule has 118 valence electrons. The molecule has 3 rings (SSSR count). The number of methoxy groups -OCH3 is 1. The van der Waals surface area contributed by atoms with Gasteiger partial charge in [0.25, 0.3) is 0 Å². The predicted molar refractivity (Wildman–Crippen MR) is 85.9 cm³/mol. The zero-order valence-electron chi connectivity index (χ0n) is 13.1. The summed E-state index contributed by atoms with van der Waals surface area (Å²) in [5.41, 5.74) is 1.65. The molecule has 0 radical (unpaired) electrons. The lowest BCUT2D eigenvalue weighted by Gasteiger charge is -2.33. The van der Waals surface area contributed by atoms with Crippen LogP contribution in [0.4, 0.5) is 5.82 Å². The number of ether oxygens (including phenoxy) is 1. The third kappa shape index (κ3) is 3.46. The van der Waals surface area contributed by atoms with E-state index in [9.17, 15) is 5.26 Å². The monoisotopic (exact) mass is 309 g/mol. The Morgan fingerprint density at radius 2 is 2.26 bits per heavy atom. The molecule has 0 bridgehead atoms. The van der Waals surface area contributed by atoms with Gasteiger partial charge in [-0.2, -0.15) is 5.26 Å². The van der Waals surface area contributed by atoms with Crippen LogP contribution in [0.1, 0.15) is 35.8 Å². The van der Waals surface area contributed by atoms with Gasteiger partial charge in [0.15, 0.2) is 5.82 Å². The second-order valence-corrected chi connectivity index (χ2v) is 5.60. The Kier molecular flexibility index (Phi) is 4.79. The molecular formula is C17H19N5O. The van der Waals surface area contributed by atoms with E-state index in [1.54, 1.807) is 25.6 Å². The summed E-state index contributed by atoms with van der Waals surface area (Å²) in [6.07, 6.45) is 5.66. The van der Waals surface area contributed by atoms with E-state index in [0.29, 0.717) is 23.9 Å². The minimum Gasteiger partial charge on any atom is -0.377 e. The highest BCUT2D eigenvalue weighted by molar-refractivity contribution is 5.54. The highest BCUT2D eigenvalue weighted by Crippen LogP contribution is 2.29. The van der Waals surface area contributed by atoms with Crippen LogP contribution in [-0.2, 0) is 11.3 Å². The van der Waals surface area contributed by atoms with E-state index in [-0.39, 0.29) is 0 Å². The molecule has 3 heterocycles. The lowest BCUT2D eigenvalue weighted by molar-refractivity contribution is 0.177. The second kappa shape index (κ2) is 7.16. The van der Waals surface area contributed by atoms with E-state index in [2.05, 4.69) is 25.9 Å². The zero-order valence-corrected chi connectivity index (χ0v) is 13.1. The van der Waals surface area contributed by atoms with Crippen molar-refractivity contribution < 1.29 is 4.74 Å². The van der Waals surface area contributed by atoms with E-state index in [4.69, 9.17) is 4.74 Å². The van der Waals surface area contributed by atoms with Crippen LogP contribution in [0, 0.1) is 11.3 Å². The molecule has 23 heavy (non-hydrogen) atoms. The van der Waals surface area contributed by atoms with Gasteiger partial charge in [0.1, 0.15) is 18.5 Å². The first-order chi connectivity index (χ1) is 11.3. The molecule has 1 aliphatic rings. The Balaban J connectivity index is 1.81. The van der Waals surface area contributed by atoms with Gasteiger partial charge in [-0.15, -0.1) is 0 Å². The van der Waals surface area contributed by atoms with E-state index < -0.39 is 0 Å². The van der Waals surface area contributed by atoms with Gasteiger partial charge in [-0.05, 0) is 31.0 Å². The minimum absolute atomic E-state index is 0.316. The summed E-state index contributed by atoms with van der Waals surface area (Å²) in [5, 5.41) is 9.28. The molecule has 6 heteroatoms. The van der Waals surface area contributed by atoms with Gasteiger partial charge in [0.05, 0.1) is 5.56 Å². The van der Waals surface area contributed by atoms with Crippen molar-refractivity contribution in [3.8, 4) is 6.07 Å². The quantitative estimate of drug-likeness (QED) is 0.862. The minimum atomic E-state index is 0.316. The Labute approximate surface area is 135 Å². The van der Waals surface area contributed by atoms with E-state index in [1.165, 1.54) is 0 Å². The molecule has 0 unspecified atom stereocenters. The molecule has 1 aliphatic heterocycles. The molecule has 0 aliphatic carbocycles.